The Hall–Kier alpha value is -0.170. The minimum absolute atomic E-state index is 0.542. The largest absolute Gasteiger partial charge is 0.130 e. The zero-order valence-electron chi connectivity index (χ0n) is 9.05. The highest BCUT2D eigenvalue weighted by Gasteiger charge is 2.43. The lowest BCUT2D eigenvalue weighted by Crippen LogP contribution is -2.33. The minimum Gasteiger partial charge on any atom is -0.130 e. The lowest BCUT2D eigenvalue weighted by Gasteiger charge is -2.41. The Labute approximate surface area is 90.8 Å². The first-order valence-electron chi connectivity index (χ1n) is 5.69. The molecular weight excluding hydrogens is 188 g/mol. The van der Waals surface area contributed by atoms with E-state index in [9.17, 15) is 0 Å². The quantitative estimate of drug-likeness (QED) is 0.537. The van der Waals surface area contributed by atoms with Crippen LogP contribution in [0.3, 0.4) is 0 Å². The van der Waals surface area contributed by atoms with Gasteiger partial charge in [0.1, 0.15) is 0 Å². The maximum absolute atomic E-state index is 2.53. The second-order valence-corrected chi connectivity index (χ2v) is 6.82. The van der Waals surface area contributed by atoms with Gasteiger partial charge in [-0.2, -0.15) is 0 Å². The molecule has 2 aliphatic carbocycles. The first kappa shape index (κ1) is 9.08. The number of rotatable bonds is 0. The molecule has 0 radical (unpaired) electrons. The second kappa shape index (κ2) is 2.91. The zero-order valence-corrected chi connectivity index (χ0v) is 9.86. The van der Waals surface area contributed by atoms with Crippen LogP contribution in [0.15, 0.2) is 22.6 Å². The van der Waals surface area contributed by atoms with E-state index in [2.05, 4.69) is 37.1 Å². The fourth-order valence-corrected chi connectivity index (χ4v) is 4.99. The Bertz CT molecular complexity index is 322. The van der Waals surface area contributed by atoms with E-state index >= 15 is 0 Å². The van der Waals surface area contributed by atoms with Gasteiger partial charge in [0.25, 0.3) is 0 Å². The van der Waals surface area contributed by atoms with E-state index in [1.807, 2.05) is 0 Å². The third-order valence-electron chi connectivity index (χ3n) is 3.84. The molecule has 1 fully saturated rings. The van der Waals surface area contributed by atoms with E-state index in [0.717, 1.165) is 11.2 Å². The first-order valence-corrected chi connectivity index (χ1v) is 6.63. The summed E-state index contributed by atoms with van der Waals surface area (Å²) in [5, 5.41) is 3.34. The van der Waals surface area contributed by atoms with Gasteiger partial charge in [0, 0.05) is 11.2 Å². The summed E-state index contributed by atoms with van der Waals surface area (Å²) >= 11 is 2.10. The highest BCUT2D eigenvalue weighted by molar-refractivity contribution is 8.03. The summed E-state index contributed by atoms with van der Waals surface area (Å²) in [7, 11) is 0. The number of hydrogen-bond donors (Lipinski definition) is 0. The average molecular weight is 206 g/mol. The predicted molar refractivity (Wildman–Crippen MR) is 63.3 cm³/mol. The van der Waals surface area contributed by atoms with Crippen LogP contribution in [0.1, 0.15) is 39.5 Å². The van der Waals surface area contributed by atoms with E-state index in [4.69, 9.17) is 0 Å². The Balaban J connectivity index is 1.98. The van der Waals surface area contributed by atoms with Crippen molar-refractivity contribution in [1.82, 2.24) is 0 Å². The molecule has 0 saturated heterocycles. The Morgan fingerprint density at radius 3 is 3.07 bits per heavy atom. The van der Waals surface area contributed by atoms with Crippen LogP contribution in [0.5, 0.6) is 0 Å². The topological polar surface area (TPSA) is 0 Å². The van der Waals surface area contributed by atoms with Crippen LogP contribution in [-0.4, -0.2) is 5.25 Å². The molecule has 0 aromatic heterocycles. The highest BCUT2D eigenvalue weighted by Crippen LogP contribution is 2.55. The summed E-state index contributed by atoms with van der Waals surface area (Å²) in [4.78, 5) is 0. The maximum Gasteiger partial charge on any atom is 0.0197 e. The molecular formula is C13H18S. The summed E-state index contributed by atoms with van der Waals surface area (Å²) < 4.78 is 0. The summed E-state index contributed by atoms with van der Waals surface area (Å²) in [5.41, 5.74) is 4.04. The fourth-order valence-electron chi connectivity index (χ4n) is 3.33. The molecule has 0 amide bonds. The monoisotopic (exact) mass is 206 g/mol. The van der Waals surface area contributed by atoms with Crippen LogP contribution in [0.2, 0.25) is 0 Å². The van der Waals surface area contributed by atoms with E-state index in [-0.39, 0.29) is 0 Å². The minimum atomic E-state index is 0.542. The Morgan fingerprint density at radius 1 is 1.36 bits per heavy atom. The van der Waals surface area contributed by atoms with Gasteiger partial charge in [0.05, 0.1) is 0 Å². The van der Waals surface area contributed by atoms with Gasteiger partial charge in [-0.3, -0.25) is 0 Å². The van der Waals surface area contributed by atoms with Crippen molar-refractivity contribution in [3.63, 3.8) is 0 Å². The lowest BCUT2D eigenvalue weighted by molar-refractivity contribution is 0.266. The van der Waals surface area contributed by atoms with Crippen LogP contribution in [0.25, 0.3) is 0 Å². The SMILES string of the molecule is CC1(C)CC2=CCCC3=CSC(C1)C32. The van der Waals surface area contributed by atoms with Crippen molar-refractivity contribution < 1.29 is 0 Å². The molecule has 1 saturated carbocycles. The van der Waals surface area contributed by atoms with Crippen molar-refractivity contribution in [2.45, 2.75) is 44.8 Å². The maximum atomic E-state index is 2.53. The smallest absolute Gasteiger partial charge is 0.0197 e. The molecule has 1 heteroatoms. The molecule has 1 aliphatic heterocycles. The summed E-state index contributed by atoms with van der Waals surface area (Å²) in [6.07, 6.45) is 7.90. The molecule has 14 heavy (non-hydrogen) atoms. The van der Waals surface area contributed by atoms with Crippen molar-refractivity contribution in [3.05, 3.63) is 22.6 Å². The van der Waals surface area contributed by atoms with Gasteiger partial charge in [0.2, 0.25) is 0 Å². The van der Waals surface area contributed by atoms with E-state index in [1.54, 1.807) is 11.1 Å². The molecule has 0 N–H and O–H groups in total. The summed E-state index contributed by atoms with van der Waals surface area (Å²) in [6, 6.07) is 0. The summed E-state index contributed by atoms with van der Waals surface area (Å²) in [5.74, 6) is 0.849. The molecule has 0 spiro atoms. The van der Waals surface area contributed by atoms with Gasteiger partial charge in [0.15, 0.2) is 0 Å². The molecule has 2 unspecified atom stereocenters. The standard InChI is InChI=1S/C13H18S/c1-13(2)6-9-4-3-5-10-8-14-11(7-13)12(9)10/h4,8,11-12H,3,5-7H2,1-2H3. The van der Waals surface area contributed by atoms with E-state index in [0.29, 0.717) is 5.41 Å². The summed E-state index contributed by atoms with van der Waals surface area (Å²) in [6.45, 7) is 4.86. The van der Waals surface area contributed by atoms with Crippen molar-refractivity contribution in [1.29, 1.82) is 0 Å². The van der Waals surface area contributed by atoms with Crippen LogP contribution >= 0.6 is 11.8 Å². The van der Waals surface area contributed by atoms with Crippen molar-refractivity contribution in [2.75, 3.05) is 0 Å². The number of thioether (sulfide) groups is 1. The van der Waals surface area contributed by atoms with E-state index in [1.165, 1.54) is 25.7 Å². The van der Waals surface area contributed by atoms with Gasteiger partial charge < -0.3 is 0 Å². The number of hydrogen-bond acceptors (Lipinski definition) is 1. The predicted octanol–water partition coefficient (Wildman–Crippen LogP) is 4.14. The molecule has 0 aromatic rings. The van der Waals surface area contributed by atoms with Gasteiger partial charge in [-0.1, -0.05) is 31.1 Å². The van der Waals surface area contributed by atoms with Gasteiger partial charge in [-0.25, -0.2) is 0 Å². The molecule has 0 aromatic carbocycles. The number of allylic oxidation sites excluding steroid dienone is 3. The van der Waals surface area contributed by atoms with Crippen LogP contribution in [-0.2, 0) is 0 Å². The molecule has 3 aliphatic rings. The van der Waals surface area contributed by atoms with Gasteiger partial charge in [-0.05, 0) is 36.5 Å². The lowest BCUT2D eigenvalue weighted by atomic mass is 9.66. The fraction of sp³-hybridized carbons (Fsp3) is 0.692. The molecule has 1 heterocycles. The second-order valence-electron chi connectivity index (χ2n) is 5.71. The molecule has 0 nitrogen and oxygen atoms in total. The van der Waals surface area contributed by atoms with Crippen molar-refractivity contribution >= 4 is 11.8 Å². The van der Waals surface area contributed by atoms with Gasteiger partial charge in [-0.15, -0.1) is 11.8 Å². The van der Waals surface area contributed by atoms with Crippen molar-refractivity contribution in [2.24, 2.45) is 11.3 Å². The molecule has 2 atom stereocenters. The van der Waals surface area contributed by atoms with Gasteiger partial charge >= 0.3 is 0 Å². The highest BCUT2D eigenvalue weighted by atomic mass is 32.2. The normalized spacial score (nSPS) is 38.7. The third kappa shape index (κ3) is 1.29. The Morgan fingerprint density at radius 2 is 2.21 bits per heavy atom. The molecule has 0 bridgehead atoms. The molecule has 76 valence electrons. The first-order chi connectivity index (χ1) is 6.66. The van der Waals surface area contributed by atoms with Crippen LogP contribution in [0, 0.1) is 11.3 Å². The van der Waals surface area contributed by atoms with Crippen LogP contribution < -0.4 is 0 Å². The van der Waals surface area contributed by atoms with E-state index < -0.39 is 0 Å². The molecule has 3 rings (SSSR count). The van der Waals surface area contributed by atoms with Crippen LogP contribution in [0.4, 0.5) is 0 Å². The third-order valence-corrected chi connectivity index (χ3v) is 5.07. The average Bonchev–Trinajstić information content (AvgIpc) is 2.48. The zero-order chi connectivity index (χ0) is 9.76. The van der Waals surface area contributed by atoms with Crippen molar-refractivity contribution in [3.8, 4) is 0 Å². The Kier molecular flexibility index (Phi) is 1.89.